The Morgan fingerprint density at radius 3 is 2.57 bits per heavy atom. The quantitative estimate of drug-likeness (QED) is 0.828. The van der Waals surface area contributed by atoms with Crippen LogP contribution in [0.5, 0.6) is 0 Å². The zero-order chi connectivity index (χ0) is 16.0. The second-order valence-electron chi connectivity index (χ2n) is 5.31. The van der Waals surface area contributed by atoms with Crippen molar-refractivity contribution in [2.75, 3.05) is 7.05 Å². The molecule has 0 spiro atoms. The van der Waals surface area contributed by atoms with E-state index in [0.717, 1.165) is 24.2 Å². The fraction of sp³-hybridized carbons (Fsp3) is 0.667. The molecular weight excluding hydrogens is 268 g/mol. The van der Waals surface area contributed by atoms with Crippen molar-refractivity contribution in [3.05, 3.63) is 17.5 Å². The molecular formula is C15H26N4O2. The summed E-state index contributed by atoms with van der Waals surface area (Å²) < 4.78 is 1.91. The van der Waals surface area contributed by atoms with Gasteiger partial charge in [-0.2, -0.15) is 5.10 Å². The van der Waals surface area contributed by atoms with Crippen LogP contribution in [0.4, 0.5) is 0 Å². The van der Waals surface area contributed by atoms with E-state index in [4.69, 9.17) is 0 Å². The molecule has 1 heterocycles. The number of hydrogen-bond acceptors (Lipinski definition) is 3. The van der Waals surface area contributed by atoms with Crippen LogP contribution >= 0.6 is 0 Å². The van der Waals surface area contributed by atoms with Gasteiger partial charge < -0.3 is 10.2 Å². The second kappa shape index (κ2) is 7.81. The third-order valence-corrected chi connectivity index (χ3v) is 3.54. The number of aryl methyl sites for hydroxylation is 1. The molecule has 0 aliphatic heterocycles. The highest BCUT2D eigenvalue weighted by Crippen LogP contribution is 2.11. The SMILES string of the molecule is CCC[C@H](NC(C)=O)C(=O)N(C)Cc1cnn(CC)c1C. The van der Waals surface area contributed by atoms with Crippen molar-refractivity contribution in [2.24, 2.45) is 0 Å². The fourth-order valence-electron chi connectivity index (χ4n) is 2.35. The van der Waals surface area contributed by atoms with E-state index in [9.17, 15) is 9.59 Å². The number of nitrogens with one attached hydrogen (secondary N) is 1. The zero-order valence-corrected chi connectivity index (χ0v) is 13.6. The van der Waals surface area contributed by atoms with E-state index in [0.29, 0.717) is 13.0 Å². The molecule has 0 aliphatic rings. The highest BCUT2D eigenvalue weighted by Gasteiger charge is 2.22. The standard InChI is InChI=1S/C15H26N4O2/c1-6-8-14(17-12(4)20)15(21)18(5)10-13-9-16-19(7-2)11(13)3/h9,14H,6-8,10H2,1-5H3,(H,17,20)/t14-/m0/s1. The molecule has 1 rings (SSSR count). The lowest BCUT2D eigenvalue weighted by Crippen LogP contribution is -2.46. The molecule has 118 valence electrons. The van der Waals surface area contributed by atoms with Crippen LogP contribution in [0.3, 0.4) is 0 Å². The van der Waals surface area contributed by atoms with Gasteiger partial charge in [-0.3, -0.25) is 14.3 Å². The van der Waals surface area contributed by atoms with Crippen LogP contribution in [0.15, 0.2) is 6.20 Å². The Kier molecular flexibility index (Phi) is 6.39. The van der Waals surface area contributed by atoms with Crippen molar-refractivity contribution < 1.29 is 9.59 Å². The predicted octanol–water partition coefficient (Wildman–Crippen LogP) is 1.47. The van der Waals surface area contributed by atoms with E-state index in [1.807, 2.05) is 25.5 Å². The maximum absolute atomic E-state index is 12.4. The Morgan fingerprint density at radius 1 is 1.43 bits per heavy atom. The summed E-state index contributed by atoms with van der Waals surface area (Å²) in [6.45, 7) is 8.79. The summed E-state index contributed by atoms with van der Waals surface area (Å²) in [7, 11) is 1.76. The van der Waals surface area contributed by atoms with Crippen molar-refractivity contribution >= 4 is 11.8 Å². The topological polar surface area (TPSA) is 67.2 Å². The van der Waals surface area contributed by atoms with Crippen LogP contribution in [0.25, 0.3) is 0 Å². The Morgan fingerprint density at radius 2 is 2.10 bits per heavy atom. The Bertz CT molecular complexity index is 496. The number of carbonyl (C=O) groups excluding carboxylic acids is 2. The summed E-state index contributed by atoms with van der Waals surface area (Å²) in [5, 5.41) is 7.01. The number of amides is 2. The summed E-state index contributed by atoms with van der Waals surface area (Å²) in [5.41, 5.74) is 2.11. The smallest absolute Gasteiger partial charge is 0.245 e. The molecule has 1 aromatic rings. The zero-order valence-electron chi connectivity index (χ0n) is 13.6. The van der Waals surface area contributed by atoms with Gasteiger partial charge in [0, 0.05) is 38.3 Å². The van der Waals surface area contributed by atoms with Crippen LogP contribution < -0.4 is 5.32 Å². The average molecular weight is 294 g/mol. The Balaban J connectivity index is 2.75. The third-order valence-electron chi connectivity index (χ3n) is 3.54. The second-order valence-corrected chi connectivity index (χ2v) is 5.31. The highest BCUT2D eigenvalue weighted by molar-refractivity contribution is 5.86. The minimum absolute atomic E-state index is 0.0595. The Hall–Kier alpha value is -1.85. The van der Waals surface area contributed by atoms with Crippen LogP contribution in [-0.2, 0) is 22.7 Å². The van der Waals surface area contributed by atoms with Gasteiger partial charge in [-0.25, -0.2) is 0 Å². The van der Waals surface area contributed by atoms with Gasteiger partial charge in [0.05, 0.1) is 6.20 Å². The van der Waals surface area contributed by atoms with Gasteiger partial charge in [0.15, 0.2) is 0 Å². The maximum atomic E-state index is 12.4. The van der Waals surface area contributed by atoms with E-state index < -0.39 is 6.04 Å². The number of hydrogen-bond donors (Lipinski definition) is 1. The van der Waals surface area contributed by atoms with Gasteiger partial charge in [0.1, 0.15) is 6.04 Å². The monoisotopic (exact) mass is 294 g/mol. The third kappa shape index (κ3) is 4.58. The molecule has 0 radical (unpaired) electrons. The minimum atomic E-state index is -0.445. The molecule has 0 saturated heterocycles. The summed E-state index contributed by atoms with van der Waals surface area (Å²) >= 11 is 0. The number of carbonyl (C=O) groups is 2. The van der Waals surface area contributed by atoms with E-state index in [1.165, 1.54) is 6.92 Å². The van der Waals surface area contributed by atoms with Gasteiger partial charge in [-0.05, 0) is 20.3 Å². The van der Waals surface area contributed by atoms with Crippen LogP contribution in [0.1, 0.15) is 44.9 Å². The van der Waals surface area contributed by atoms with E-state index in [1.54, 1.807) is 18.1 Å². The largest absolute Gasteiger partial charge is 0.345 e. The van der Waals surface area contributed by atoms with Crippen molar-refractivity contribution in [3.8, 4) is 0 Å². The first-order valence-corrected chi connectivity index (χ1v) is 7.44. The molecule has 1 N–H and O–H groups in total. The highest BCUT2D eigenvalue weighted by atomic mass is 16.2. The Labute approximate surface area is 126 Å². The molecule has 21 heavy (non-hydrogen) atoms. The van der Waals surface area contributed by atoms with Gasteiger partial charge in [0.25, 0.3) is 0 Å². The molecule has 0 unspecified atom stereocenters. The predicted molar refractivity (Wildman–Crippen MR) is 81.6 cm³/mol. The lowest BCUT2D eigenvalue weighted by atomic mass is 10.1. The van der Waals surface area contributed by atoms with Crippen molar-refractivity contribution in [3.63, 3.8) is 0 Å². The van der Waals surface area contributed by atoms with Crippen LogP contribution in [-0.4, -0.2) is 39.6 Å². The molecule has 0 saturated carbocycles. The molecule has 2 amide bonds. The number of rotatable bonds is 7. The van der Waals surface area contributed by atoms with Gasteiger partial charge >= 0.3 is 0 Å². The van der Waals surface area contributed by atoms with Crippen molar-refractivity contribution in [2.45, 2.75) is 59.7 Å². The number of nitrogens with zero attached hydrogens (tertiary/aromatic N) is 3. The molecule has 0 fully saturated rings. The van der Waals surface area contributed by atoms with Gasteiger partial charge in [-0.15, -0.1) is 0 Å². The maximum Gasteiger partial charge on any atom is 0.245 e. The summed E-state index contributed by atoms with van der Waals surface area (Å²) in [6, 6.07) is -0.445. The molecule has 6 nitrogen and oxygen atoms in total. The molecule has 1 atom stereocenters. The fourth-order valence-corrected chi connectivity index (χ4v) is 2.35. The lowest BCUT2D eigenvalue weighted by molar-refractivity contribution is -0.135. The van der Waals surface area contributed by atoms with Gasteiger partial charge in [0.2, 0.25) is 11.8 Å². The average Bonchev–Trinajstić information content (AvgIpc) is 2.77. The molecule has 1 aromatic heterocycles. The summed E-state index contributed by atoms with van der Waals surface area (Å²) in [6.07, 6.45) is 3.29. The van der Waals surface area contributed by atoms with E-state index >= 15 is 0 Å². The van der Waals surface area contributed by atoms with Crippen molar-refractivity contribution in [1.82, 2.24) is 20.0 Å². The van der Waals surface area contributed by atoms with Gasteiger partial charge in [-0.1, -0.05) is 13.3 Å². The van der Waals surface area contributed by atoms with Crippen molar-refractivity contribution in [1.29, 1.82) is 0 Å². The first kappa shape index (κ1) is 17.2. The normalized spacial score (nSPS) is 12.0. The first-order chi connectivity index (χ1) is 9.90. The lowest BCUT2D eigenvalue weighted by Gasteiger charge is -2.24. The van der Waals surface area contributed by atoms with E-state index in [-0.39, 0.29) is 11.8 Å². The molecule has 6 heteroatoms. The van der Waals surface area contributed by atoms with E-state index in [2.05, 4.69) is 10.4 Å². The van der Waals surface area contributed by atoms with Crippen LogP contribution in [0, 0.1) is 6.92 Å². The molecule has 0 aliphatic carbocycles. The summed E-state index contributed by atoms with van der Waals surface area (Å²) in [5.74, 6) is -0.235. The number of aromatic nitrogens is 2. The number of likely N-dealkylation sites (N-methyl/N-ethyl adjacent to an activating group) is 1. The first-order valence-electron chi connectivity index (χ1n) is 7.44. The minimum Gasteiger partial charge on any atom is -0.345 e. The molecule has 0 bridgehead atoms. The summed E-state index contributed by atoms with van der Waals surface area (Å²) in [4.78, 5) is 25.3. The van der Waals surface area contributed by atoms with Crippen LogP contribution in [0.2, 0.25) is 0 Å². The molecule has 0 aromatic carbocycles.